The summed E-state index contributed by atoms with van der Waals surface area (Å²) in [6, 6.07) is 5.29. The molecule has 1 heterocycles. The third-order valence-electron chi connectivity index (χ3n) is 2.96. The molecular formula is C14H8F4N2. The van der Waals surface area contributed by atoms with Crippen LogP contribution < -0.4 is 0 Å². The quantitative estimate of drug-likeness (QED) is 0.712. The second kappa shape index (κ2) is 4.63. The Bertz CT molecular complexity index is 775. The SMILES string of the molecule is Fc1cc(F)c2nc(Cc3c(F)cccc3F)[nH]c2c1. The van der Waals surface area contributed by atoms with Gasteiger partial charge < -0.3 is 4.98 Å². The normalized spacial score (nSPS) is 11.2. The molecule has 6 heteroatoms. The fourth-order valence-corrected chi connectivity index (χ4v) is 2.05. The Morgan fingerprint density at radius 1 is 0.950 bits per heavy atom. The molecule has 0 radical (unpaired) electrons. The largest absolute Gasteiger partial charge is 0.342 e. The molecule has 0 atom stereocenters. The molecule has 0 saturated carbocycles. The van der Waals surface area contributed by atoms with Gasteiger partial charge in [-0.2, -0.15) is 0 Å². The van der Waals surface area contributed by atoms with Crippen molar-refractivity contribution in [1.29, 1.82) is 0 Å². The van der Waals surface area contributed by atoms with Crippen LogP contribution in [0.15, 0.2) is 30.3 Å². The predicted molar refractivity (Wildman–Crippen MR) is 65.2 cm³/mol. The Morgan fingerprint density at radius 2 is 1.65 bits per heavy atom. The second-order valence-electron chi connectivity index (χ2n) is 4.34. The van der Waals surface area contributed by atoms with Gasteiger partial charge in [0.25, 0.3) is 0 Å². The third kappa shape index (κ3) is 2.13. The van der Waals surface area contributed by atoms with E-state index in [-0.39, 0.29) is 28.8 Å². The number of aromatic nitrogens is 2. The lowest BCUT2D eigenvalue weighted by molar-refractivity contribution is 0.559. The zero-order valence-electron chi connectivity index (χ0n) is 10.1. The van der Waals surface area contributed by atoms with Crippen LogP contribution in [0.1, 0.15) is 11.4 Å². The molecule has 0 spiro atoms. The van der Waals surface area contributed by atoms with Gasteiger partial charge in [0.05, 0.1) is 5.52 Å². The van der Waals surface area contributed by atoms with Crippen LogP contribution >= 0.6 is 0 Å². The fourth-order valence-electron chi connectivity index (χ4n) is 2.05. The number of rotatable bonds is 2. The van der Waals surface area contributed by atoms with Crippen LogP contribution in [0, 0.1) is 23.3 Å². The number of fused-ring (bicyclic) bond motifs is 1. The standard InChI is InChI=1S/C14H8F4N2/c15-7-4-11(18)14-12(5-7)19-13(20-14)6-8-9(16)2-1-3-10(8)17/h1-5H,6H2,(H,19,20). The topological polar surface area (TPSA) is 28.7 Å². The molecule has 1 N–H and O–H groups in total. The van der Waals surface area contributed by atoms with Crippen LogP contribution in [-0.2, 0) is 6.42 Å². The number of nitrogens with zero attached hydrogens (tertiary/aromatic N) is 1. The number of H-pyrrole nitrogens is 1. The highest BCUT2D eigenvalue weighted by molar-refractivity contribution is 5.75. The maximum Gasteiger partial charge on any atom is 0.153 e. The second-order valence-corrected chi connectivity index (χ2v) is 4.34. The molecule has 0 aliphatic rings. The van der Waals surface area contributed by atoms with Gasteiger partial charge in [-0.15, -0.1) is 0 Å². The van der Waals surface area contributed by atoms with Crippen molar-refractivity contribution < 1.29 is 17.6 Å². The maximum atomic E-state index is 13.5. The lowest BCUT2D eigenvalue weighted by atomic mass is 10.1. The summed E-state index contributed by atoms with van der Waals surface area (Å²) >= 11 is 0. The Labute approximate surface area is 111 Å². The highest BCUT2D eigenvalue weighted by Crippen LogP contribution is 2.20. The Hall–Kier alpha value is -2.37. The van der Waals surface area contributed by atoms with Crippen LogP contribution in [0.4, 0.5) is 17.6 Å². The summed E-state index contributed by atoms with van der Waals surface area (Å²) in [6.45, 7) is 0. The molecule has 20 heavy (non-hydrogen) atoms. The predicted octanol–water partition coefficient (Wildman–Crippen LogP) is 3.71. The molecule has 0 aliphatic heterocycles. The van der Waals surface area contributed by atoms with Gasteiger partial charge in [0.1, 0.15) is 28.8 Å². The minimum absolute atomic E-state index is 0.0573. The van der Waals surface area contributed by atoms with Crippen molar-refractivity contribution >= 4 is 11.0 Å². The molecule has 0 saturated heterocycles. The first-order chi connectivity index (χ1) is 9.54. The molecule has 0 unspecified atom stereocenters. The summed E-state index contributed by atoms with van der Waals surface area (Å²) in [5.74, 6) is -2.83. The molecule has 0 fully saturated rings. The number of aromatic amines is 1. The first-order valence-electron chi connectivity index (χ1n) is 5.81. The monoisotopic (exact) mass is 280 g/mol. The van der Waals surface area contributed by atoms with E-state index in [4.69, 9.17) is 0 Å². The summed E-state index contributed by atoms with van der Waals surface area (Å²) in [6.07, 6.45) is -0.172. The summed E-state index contributed by atoms with van der Waals surface area (Å²) < 4.78 is 53.6. The lowest BCUT2D eigenvalue weighted by Crippen LogP contribution is -1.98. The van der Waals surface area contributed by atoms with Crippen molar-refractivity contribution in [2.45, 2.75) is 6.42 Å². The van der Waals surface area contributed by atoms with E-state index in [0.29, 0.717) is 6.07 Å². The lowest BCUT2D eigenvalue weighted by Gasteiger charge is -2.01. The van der Waals surface area contributed by atoms with Crippen molar-refractivity contribution in [2.75, 3.05) is 0 Å². The minimum Gasteiger partial charge on any atom is -0.342 e. The zero-order chi connectivity index (χ0) is 14.3. The van der Waals surface area contributed by atoms with Crippen LogP contribution in [0.2, 0.25) is 0 Å². The molecule has 0 aliphatic carbocycles. The number of hydrogen-bond acceptors (Lipinski definition) is 1. The van der Waals surface area contributed by atoms with E-state index in [2.05, 4.69) is 9.97 Å². The van der Waals surface area contributed by atoms with E-state index >= 15 is 0 Å². The van der Waals surface area contributed by atoms with Crippen molar-refractivity contribution in [2.24, 2.45) is 0 Å². The molecule has 2 nitrogen and oxygen atoms in total. The van der Waals surface area contributed by atoms with Crippen molar-refractivity contribution in [3.8, 4) is 0 Å². The van der Waals surface area contributed by atoms with Crippen molar-refractivity contribution in [1.82, 2.24) is 9.97 Å². The molecule has 3 rings (SSSR count). The highest BCUT2D eigenvalue weighted by atomic mass is 19.1. The van der Waals surface area contributed by atoms with Crippen LogP contribution in [0.5, 0.6) is 0 Å². The summed E-state index contributed by atoms with van der Waals surface area (Å²) in [5.41, 5.74) is -0.0835. The van der Waals surface area contributed by atoms with Gasteiger partial charge >= 0.3 is 0 Å². The molecule has 3 aromatic rings. The number of hydrogen-bond donors (Lipinski definition) is 1. The molecule has 0 bridgehead atoms. The molecule has 102 valence electrons. The van der Waals surface area contributed by atoms with Gasteiger partial charge in [0.2, 0.25) is 0 Å². The van der Waals surface area contributed by atoms with E-state index in [9.17, 15) is 17.6 Å². The van der Waals surface area contributed by atoms with E-state index in [0.717, 1.165) is 18.2 Å². The van der Waals surface area contributed by atoms with Gasteiger partial charge in [0.15, 0.2) is 5.82 Å². The smallest absolute Gasteiger partial charge is 0.153 e. The molecule has 2 aromatic carbocycles. The first-order valence-corrected chi connectivity index (χ1v) is 5.81. The van der Waals surface area contributed by atoms with Gasteiger partial charge in [0, 0.05) is 18.1 Å². The Balaban J connectivity index is 2.06. The average molecular weight is 280 g/mol. The van der Waals surface area contributed by atoms with Crippen molar-refractivity contribution in [3.63, 3.8) is 0 Å². The van der Waals surface area contributed by atoms with Gasteiger partial charge in [-0.3, -0.25) is 0 Å². The Morgan fingerprint density at radius 3 is 2.35 bits per heavy atom. The maximum absolute atomic E-state index is 13.5. The average Bonchev–Trinajstić information content (AvgIpc) is 2.77. The van der Waals surface area contributed by atoms with Crippen LogP contribution in [-0.4, -0.2) is 9.97 Å². The van der Waals surface area contributed by atoms with E-state index < -0.39 is 23.3 Å². The number of benzene rings is 2. The zero-order valence-corrected chi connectivity index (χ0v) is 10.1. The van der Waals surface area contributed by atoms with E-state index in [1.807, 2.05) is 0 Å². The Kier molecular flexibility index (Phi) is 2.93. The number of halogens is 4. The summed E-state index contributed by atoms with van der Waals surface area (Å²) in [7, 11) is 0. The number of imidazole rings is 1. The summed E-state index contributed by atoms with van der Waals surface area (Å²) in [4.78, 5) is 6.56. The van der Waals surface area contributed by atoms with E-state index in [1.165, 1.54) is 6.07 Å². The van der Waals surface area contributed by atoms with Gasteiger partial charge in [-0.05, 0) is 18.2 Å². The van der Waals surface area contributed by atoms with Crippen molar-refractivity contribution in [3.05, 3.63) is 65.0 Å². The molecule has 1 aromatic heterocycles. The van der Waals surface area contributed by atoms with Gasteiger partial charge in [-0.25, -0.2) is 22.5 Å². The van der Waals surface area contributed by atoms with E-state index in [1.54, 1.807) is 0 Å². The van der Waals surface area contributed by atoms with Gasteiger partial charge in [-0.1, -0.05) is 6.07 Å². The van der Waals surface area contributed by atoms with Crippen LogP contribution in [0.3, 0.4) is 0 Å². The minimum atomic E-state index is -0.823. The molecular weight excluding hydrogens is 272 g/mol. The number of nitrogens with one attached hydrogen (secondary N) is 1. The summed E-state index contributed by atoms with van der Waals surface area (Å²) in [5, 5.41) is 0. The fraction of sp³-hybridized carbons (Fsp3) is 0.0714. The molecule has 0 amide bonds. The third-order valence-corrected chi connectivity index (χ3v) is 2.96. The highest BCUT2D eigenvalue weighted by Gasteiger charge is 2.14. The first kappa shape index (κ1) is 12.7. The van der Waals surface area contributed by atoms with Crippen LogP contribution in [0.25, 0.3) is 11.0 Å².